The molecule has 1 atom stereocenters. The molecule has 1 rings (SSSR count). The van der Waals surface area contributed by atoms with Gasteiger partial charge in [0, 0.05) is 27.2 Å². The molecule has 1 aliphatic rings. The van der Waals surface area contributed by atoms with E-state index in [1.54, 1.807) is 19.0 Å². The maximum Gasteiger partial charge on any atom is 0.241 e. The molecule has 1 fully saturated rings. The van der Waals surface area contributed by atoms with Crippen molar-refractivity contribution < 1.29 is 9.90 Å². The van der Waals surface area contributed by atoms with E-state index in [-0.39, 0.29) is 5.91 Å². The fraction of sp³-hybridized carbons (Fsp3) is 0.933. The van der Waals surface area contributed by atoms with Crippen LogP contribution in [0.5, 0.6) is 0 Å². The fourth-order valence-corrected chi connectivity index (χ4v) is 2.61. The maximum atomic E-state index is 12.0. The van der Waals surface area contributed by atoms with Gasteiger partial charge in [-0.3, -0.25) is 4.79 Å². The summed E-state index contributed by atoms with van der Waals surface area (Å²) in [7, 11) is 3.49. The highest BCUT2D eigenvalue weighted by molar-refractivity contribution is 5.85. The molecular formula is C15H31N3O2. The lowest BCUT2D eigenvalue weighted by atomic mass is 9.99. The normalized spacial score (nSPS) is 19.9. The molecule has 118 valence electrons. The summed E-state index contributed by atoms with van der Waals surface area (Å²) in [5.74, 6) is 0.828. The zero-order valence-corrected chi connectivity index (χ0v) is 13.6. The first kappa shape index (κ1) is 17.4. The van der Waals surface area contributed by atoms with Crippen LogP contribution in [0.25, 0.3) is 0 Å². The second-order valence-corrected chi connectivity index (χ2v) is 6.84. The Morgan fingerprint density at radius 3 is 2.45 bits per heavy atom. The molecule has 0 aromatic carbocycles. The van der Waals surface area contributed by atoms with Crippen LogP contribution in [-0.4, -0.2) is 72.7 Å². The number of nitrogens with one attached hydrogen (secondary N) is 1. The molecule has 1 amide bonds. The van der Waals surface area contributed by atoms with Crippen molar-refractivity contribution in [2.24, 2.45) is 5.92 Å². The standard InChI is InChI=1S/C15H31N3O2/c1-12-6-8-18(9-7-12)11-13(19)10-16-15(2,3)14(20)17(4)5/h12-13,16,19H,6-11H2,1-5H3. The van der Waals surface area contributed by atoms with Gasteiger partial charge in [0.1, 0.15) is 0 Å². The summed E-state index contributed by atoms with van der Waals surface area (Å²) in [5.41, 5.74) is -0.638. The van der Waals surface area contributed by atoms with Gasteiger partial charge in [-0.1, -0.05) is 6.92 Å². The number of carbonyl (C=O) groups is 1. The Kier molecular flexibility index (Phi) is 6.43. The third-order valence-electron chi connectivity index (χ3n) is 4.07. The molecule has 0 aromatic heterocycles. The Balaban J connectivity index is 2.32. The smallest absolute Gasteiger partial charge is 0.241 e. The molecule has 0 aromatic rings. The quantitative estimate of drug-likeness (QED) is 0.748. The van der Waals surface area contributed by atoms with Gasteiger partial charge in [0.25, 0.3) is 0 Å². The van der Waals surface area contributed by atoms with Crippen LogP contribution in [0, 0.1) is 5.92 Å². The van der Waals surface area contributed by atoms with Crippen LogP contribution in [0.2, 0.25) is 0 Å². The van der Waals surface area contributed by atoms with E-state index in [0.717, 1.165) is 19.0 Å². The minimum absolute atomic E-state index is 0.0245. The highest BCUT2D eigenvalue weighted by Gasteiger charge is 2.29. The largest absolute Gasteiger partial charge is 0.390 e. The summed E-state index contributed by atoms with van der Waals surface area (Å²) in [6, 6.07) is 0. The van der Waals surface area contributed by atoms with Crippen LogP contribution < -0.4 is 5.32 Å². The van der Waals surface area contributed by atoms with Crippen LogP contribution >= 0.6 is 0 Å². The van der Waals surface area contributed by atoms with E-state index in [1.165, 1.54) is 12.8 Å². The average Bonchev–Trinajstić information content (AvgIpc) is 2.38. The number of piperidine rings is 1. The third kappa shape index (κ3) is 5.38. The zero-order valence-electron chi connectivity index (χ0n) is 13.6. The Labute approximate surface area is 123 Å². The summed E-state index contributed by atoms with van der Waals surface area (Å²) < 4.78 is 0. The molecule has 1 heterocycles. The third-order valence-corrected chi connectivity index (χ3v) is 4.07. The van der Waals surface area contributed by atoms with Crippen molar-refractivity contribution in [2.75, 3.05) is 40.3 Å². The van der Waals surface area contributed by atoms with Gasteiger partial charge in [-0.05, 0) is 45.7 Å². The van der Waals surface area contributed by atoms with E-state index < -0.39 is 11.6 Å². The molecule has 5 heteroatoms. The number of carbonyl (C=O) groups excluding carboxylic acids is 1. The van der Waals surface area contributed by atoms with Crippen LogP contribution in [0.4, 0.5) is 0 Å². The van der Waals surface area contributed by atoms with Gasteiger partial charge in [0.05, 0.1) is 11.6 Å². The lowest BCUT2D eigenvalue weighted by molar-refractivity contribution is -0.134. The Morgan fingerprint density at radius 1 is 1.40 bits per heavy atom. The first-order valence-electron chi connectivity index (χ1n) is 7.59. The molecule has 2 N–H and O–H groups in total. The van der Waals surface area contributed by atoms with Gasteiger partial charge in [0.2, 0.25) is 5.91 Å². The summed E-state index contributed by atoms with van der Waals surface area (Å²) in [6.45, 7) is 9.25. The van der Waals surface area contributed by atoms with Crippen LogP contribution in [0.3, 0.4) is 0 Å². The number of aliphatic hydroxyl groups is 1. The van der Waals surface area contributed by atoms with Crippen LogP contribution in [0.1, 0.15) is 33.6 Å². The highest BCUT2D eigenvalue weighted by Crippen LogP contribution is 2.16. The van der Waals surface area contributed by atoms with E-state index in [2.05, 4.69) is 17.1 Å². The fourth-order valence-electron chi connectivity index (χ4n) is 2.61. The van der Waals surface area contributed by atoms with E-state index >= 15 is 0 Å². The van der Waals surface area contributed by atoms with Crippen molar-refractivity contribution in [1.82, 2.24) is 15.1 Å². The topological polar surface area (TPSA) is 55.8 Å². The van der Waals surface area contributed by atoms with Crippen molar-refractivity contribution in [3.63, 3.8) is 0 Å². The highest BCUT2D eigenvalue weighted by atomic mass is 16.3. The summed E-state index contributed by atoms with van der Waals surface area (Å²) in [5, 5.41) is 13.3. The number of amides is 1. The molecule has 0 radical (unpaired) electrons. The number of β-amino-alcohol motifs (C(OH)–C–C–N with tert-alkyl or cyclic N) is 1. The van der Waals surface area contributed by atoms with Gasteiger partial charge in [-0.25, -0.2) is 0 Å². The number of likely N-dealkylation sites (tertiary alicyclic amines) is 1. The molecule has 1 unspecified atom stereocenters. The number of rotatable bonds is 6. The lowest BCUT2D eigenvalue weighted by Crippen LogP contribution is -2.55. The Bertz CT molecular complexity index is 310. The first-order valence-corrected chi connectivity index (χ1v) is 7.59. The summed E-state index contributed by atoms with van der Waals surface area (Å²) in [4.78, 5) is 15.9. The van der Waals surface area contributed by atoms with E-state index in [1.807, 2.05) is 13.8 Å². The Hall–Kier alpha value is -0.650. The van der Waals surface area contributed by atoms with Gasteiger partial charge < -0.3 is 20.2 Å². The van der Waals surface area contributed by atoms with Gasteiger partial charge in [0.15, 0.2) is 0 Å². The molecule has 0 aliphatic carbocycles. The number of nitrogens with zero attached hydrogens (tertiary/aromatic N) is 2. The number of hydrogen-bond donors (Lipinski definition) is 2. The number of hydrogen-bond acceptors (Lipinski definition) is 4. The number of likely N-dealkylation sites (N-methyl/N-ethyl adjacent to an activating group) is 1. The van der Waals surface area contributed by atoms with E-state index in [4.69, 9.17) is 0 Å². The van der Waals surface area contributed by atoms with Gasteiger partial charge in [-0.15, -0.1) is 0 Å². The molecule has 0 saturated carbocycles. The molecule has 0 spiro atoms. The Morgan fingerprint density at radius 2 is 1.95 bits per heavy atom. The predicted octanol–water partition coefficient (Wildman–Crippen LogP) is 0.536. The summed E-state index contributed by atoms with van der Waals surface area (Å²) in [6.07, 6.45) is 1.99. The summed E-state index contributed by atoms with van der Waals surface area (Å²) >= 11 is 0. The molecular weight excluding hydrogens is 254 g/mol. The molecule has 5 nitrogen and oxygen atoms in total. The first-order chi connectivity index (χ1) is 9.22. The predicted molar refractivity (Wildman–Crippen MR) is 81.6 cm³/mol. The average molecular weight is 285 g/mol. The van der Waals surface area contributed by atoms with E-state index in [0.29, 0.717) is 13.1 Å². The van der Waals surface area contributed by atoms with Crippen molar-refractivity contribution in [2.45, 2.75) is 45.3 Å². The maximum absolute atomic E-state index is 12.0. The van der Waals surface area contributed by atoms with E-state index in [9.17, 15) is 9.90 Å². The number of aliphatic hydroxyl groups excluding tert-OH is 1. The van der Waals surface area contributed by atoms with Crippen molar-refractivity contribution >= 4 is 5.91 Å². The minimum atomic E-state index is -0.638. The second-order valence-electron chi connectivity index (χ2n) is 6.84. The molecule has 1 saturated heterocycles. The van der Waals surface area contributed by atoms with Gasteiger partial charge in [-0.2, -0.15) is 0 Å². The van der Waals surface area contributed by atoms with Crippen LogP contribution in [0.15, 0.2) is 0 Å². The van der Waals surface area contributed by atoms with Gasteiger partial charge >= 0.3 is 0 Å². The van der Waals surface area contributed by atoms with Crippen molar-refractivity contribution in [3.05, 3.63) is 0 Å². The molecule has 20 heavy (non-hydrogen) atoms. The molecule has 1 aliphatic heterocycles. The van der Waals surface area contributed by atoms with Crippen molar-refractivity contribution in [3.8, 4) is 0 Å². The molecule has 0 bridgehead atoms. The minimum Gasteiger partial charge on any atom is -0.390 e. The monoisotopic (exact) mass is 285 g/mol. The zero-order chi connectivity index (χ0) is 15.3. The van der Waals surface area contributed by atoms with Crippen molar-refractivity contribution in [1.29, 1.82) is 0 Å². The SMILES string of the molecule is CC1CCN(CC(O)CNC(C)(C)C(=O)N(C)C)CC1. The second kappa shape index (κ2) is 7.38. The van der Waals surface area contributed by atoms with Crippen LogP contribution in [-0.2, 0) is 4.79 Å². The lowest BCUT2D eigenvalue weighted by Gasteiger charge is -2.33.